The summed E-state index contributed by atoms with van der Waals surface area (Å²) in [4.78, 5) is 13.1. The Kier molecular flexibility index (Phi) is 5.73. The number of carbonyl (C=O) groups is 1. The second-order valence-corrected chi connectivity index (χ2v) is 7.17. The first-order chi connectivity index (χ1) is 12.1. The van der Waals surface area contributed by atoms with E-state index in [1.165, 1.54) is 18.0 Å². The van der Waals surface area contributed by atoms with Crippen LogP contribution in [0.1, 0.15) is 21.7 Å². The number of hydrogen-bond donors (Lipinski definition) is 1. The fourth-order valence-electron chi connectivity index (χ4n) is 2.02. The SMILES string of the molecule is Cc1ccc(C(=O)N/N=C\c2cc(Br)c(Sc3ccccc3)o2)cc1. The van der Waals surface area contributed by atoms with Gasteiger partial charge in [-0.2, -0.15) is 5.10 Å². The number of furan rings is 1. The van der Waals surface area contributed by atoms with Crippen molar-refractivity contribution in [3.63, 3.8) is 0 Å². The Morgan fingerprint density at radius 1 is 1.16 bits per heavy atom. The van der Waals surface area contributed by atoms with Crippen molar-refractivity contribution in [2.45, 2.75) is 16.9 Å². The summed E-state index contributed by atoms with van der Waals surface area (Å²) in [5, 5.41) is 4.69. The lowest BCUT2D eigenvalue weighted by atomic mass is 10.1. The molecule has 4 nitrogen and oxygen atoms in total. The molecule has 0 saturated heterocycles. The van der Waals surface area contributed by atoms with Crippen LogP contribution >= 0.6 is 27.7 Å². The van der Waals surface area contributed by atoms with Gasteiger partial charge in [-0.1, -0.05) is 47.7 Å². The molecule has 3 aromatic rings. The van der Waals surface area contributed by atoms with Gasteiger partial charge >= 0.3 is 0 Å². The predicted molar refractivity (Wildman–Crippen MR) is 103 cm³/mol. The third kappa shape index (κ3) is 4.84. The van der Waals surface area contributed by atoms with Crippen molar-refractivity contribution < 1.29 is 9.21 Å². The third-order valence-corrected chi connectivity index (χ3v) is 5.15. The third-order valence-electron chi connectivity index (χ3n) is 3.30. The molecule has 126 valence electrons. The molecule has 0 aliphatic carbocycles. The Labute approximate surface area is 158 Å². The highest BCUT2D eigenvalue weighted by Gasteiger charge is 2.10. The lowest BCUT2D eigenvalue weighted by Crippen LogP contribution is -2.17. The maximum atomic E-state index is 12.0. The van der Waals surface area contributed by atoms with E-state index in [4.69, 9.17) is 4.42 Å². The predicted octanol–water partition coefficient (Wildman–Crippen LogP) is 5.27. The minimum Gasteiger partial charge on any atom is -0.447 e. The molecule has 1 aromatic heterocycles. The molecule has 1 amide bonds. The van der Waals surface area contributed by atoms with Crippen molar-refractivity contribution >= 4 is 39.8 Å². The number of nitrogens with one attached hydrogen (secondary N) is 1. The minimum atomic E-state index is -0.263. The van der Waals surface area contributed by atoms with Crippen LogP contribution in [0.5, 0.6) is 0 Å². The topological polar surface area (TPSA) is 54.6 Å². The smallest absolute Gasteiger partial charge is 0.271 e. The molecule has 0 fully saturated rings. The average Bonchev–Trinajstić information content (AvgIpc) is 2.96. The van der Waals surface area contributed by atoms with Crippen molar-refractivity contribution in [1.82, 2.24) is 5.43 Å². The molecule has 0 aliphatic rings. The molecule has 0 atom stereocenters. The lowest BCUT2D eigenvalue weighted by Gasteiger charge is -1.99. The Hall–Kier alpha value is -2.31. The molecule has 0 radical (unpaired) electrons. The fraction of sp³-hybridized carbons (Fsp3) is 0.0526. The average molecular weight is 415 g/mol. The highest BCUT2D eigenvalue weighted by molar-refractivity contribution is 9.10. The van der Waals surface area contributed by atoms with Crippen molar-refractivity contribution in [2.75, 3.05) is 0 Å². The van der Waals surface area contributed by atoms with Crippen LogP contribution in [0, 0.1) is 6.92 Å². The lowest BCUT2D eigenvalue weighted by molar-refractivity contribution is 0.0955. The molecule has 3 rings (SSSR count). The van der Waals surface area contributed by atoms with Gasteiger partial charge in [0.15, 0.2) is 5.09 Å². The summed E-state index contributed by atoms with van der Waals surface area (Å²) < 4.78 is 6.58. The van der Waals surface area contributed by atoms with Crippen LogP contribution < -0.4 is 5.43 Å². The molecular weight excluding hydrogens is 400 g/mol. The van der Waals surface area contributed by atoms with Crippen molar-refractivity contribution in [3.05, 3.63) is 82.0 Å². The van der Waals surface area contributed by atoms with Crippen LogP contribution in [-0.2, 0) is 0 Å². The van der Waals surface area contributed by atoms with E-state index in [0.29, 0.717) is 11.3 Å². The molecule has 2 aromatic carbocycles. The van der Waals surface area contributed by atoms with Gasteiger partial charge in [-0.25, -0.2) is 5.43 Å². The van der Waals surface area contributed by atoms with Gasteiger partial charge in [-0.15, -0.1) is 0 Å². The largest absolute Gasteiger partial charge is 0.447 e. The number of benzene rings is 2. The van der Waals surface area contributed by atoms with E-state index in [1.54, 1.807) is 12.1 Å². The Bertz CT molecular complexity index is 890. The molecule has 1 heterocycles. The number of hydrogen-bond acceptors (Lipinski definition) is 4. The molecule has 0 saturated carbocycles. The maximum absolute atomic E-state index is 12.0. The molecule has 0 aliphatic heterocycles. The van der Waals surface area contributed by atoms with Crippen molar-refractivity contribution in [1.29, 1.82) is 0 Å². The summed E-state index contributed by atoms with van der Waals surface area (Å²) in [6.07, 6.45) is 1.48. The molecule has 0 spiro atoms. The molecule has 25 heavy (non-hydrogen) atoms. The number of amides is 1. The second kappa shape index (κ2) is 8.18. The number of halogens is 1. The normalized spacial score (nSPS) is 11.0. The van der Waals surface area contributed by atoms with E-state index in [1.807, 2.05) is 55.5 Å². The van der Waals surface area contributed by atoms with Crippen LogP contribution in [0.2, 0.25) is 0 Å². The van der Waals surface area contributed by atoms with E-state index in [9.17, 15) is 4.79 Å². The summed E-state index contributed by atoms with van der Waals surface area (Å²) in [5.41, 5.74) is 4.15. The molecule has 0 unspecified atom stereocenters. The highest BCUT2D eigenvalue weighted by Crippen LogP contribution is 2.35. The van der Waals surface area contributed by atoms with E-state index in [0.717, 1.165) is 20.0 Å². The number of nitrogens with zero attached hydrogens (tertiary/aromatic N) is 1. The second-order valence-electron chi connectivity index (χ2n) is 5.26. The molecule has 1 N–H and O–H groups in total. The fourth-order valence-corrected chi connectivity index (χ4v) is 3.37. The first-order valence-electron chi connectivity index (χ1n) is 7.54. The Balaban J connectivity index is 1.63. The first-order valence-corrected chi connectivity index (χ1v) is 9.15. The van der Waals surface area contributed by atoms with Crippen molar-refractivity contribution in [3.8, 4) is 0 Å². The number of rotatable bonds is 5. The highest BCUT2D eigenvalue weighted by atomic mass is 79.9. The van der Waals surface area contributed by atoms with Gasteiger partial charge in [-0.3, -0.25) is 4.79 Å². The monoisotopic (exact) mass is 414 g/mol. The van der Waals surface area contributed by atoms with Crippen LogP contribution in [0.3, 0.4) is 0 Å². The number of aryl methyl sites for hydroxylation is 1. The van der Waals surface area contributed by atoms with Crippen LogP contribution in [0.15, 0.2) is 84.6 Å². The summed E-state index contributed by atoms with van der Waals surface area (Å²) >= 11 is 4.99. The summed E-state index contributed by atoms with van der Waals surface area (Å²) in [5.74, 6) is 0.287. The van der Waals surface area contributed by atoms with Gasteiger partial charge in [0.25, 0.3) is 5.91 Å². The van der Waals surface area contributed by atoms with E-state index in [2.05, 4.69) is 26.5 Å². The van der Waals surface area contributed by atoms with Crippen LogP contribution in [0.25, 0.3) is 0 Å². The number of hydrazone groups is 1. The summed E-state index contributed by atoms with van der Waals surface area (Å²) in [6.45, 7) is 1.97. The van der Waals surface area contributed by atoms with E-state index in [-0.39, 0.29) is 5.91 Å². The zero-order valence-corrected chi connectivity index (χ0v) is 15.8. The molecule has 0 bridgehead atoms. The maximum Gasteiger partial charge on any atom is 0.271 e. The van der Waals surface area contributed by atoms with Gasteiger partial charge in [0, 0.05) is 16.5 Å². The van der Waals surface area contributed by atoms with Gasteiger partial charge < -0.3 is 4.42 Å². The Morgan fingerprint density at radius 2 is 1.88 bits per heavy atom. The van der Waals surface area contributed by atoms with Gasteiger partial charge in [0.2, 0.25) is 0 Å². The van der Waals surface area contributed by atoms with Gasteiger partial charge in [0.05, 0.1) is 10.7 Å². The zero-order chi connectivity index (χ0) is 17.6. The van der Waals surface area contributed by atoms with E-state index >= 15 is 0 Å². The zero-order valence-electron chi connectivity index (χ0n) is 13.4. The van der Waals surface area contributed by atoms with Crippen LogP contribution in [0.4, 0.5) is 0 Å². The molecule has 6 heteroatoms. The van der Waals surface area contributed by atoms with Crippen LogP contribution in [-0.4, -0.2) is 12.1 Å². The van der Waals surface area contributed by atoms with E-state index < -0.39 is 0 Å². The minimum absolute atomic E-state index is 0.263. The number of carbonyl (C=O) groups excluding carboxylic acids is 1. The first kappa shape index (κ1) is 17.5. The van der Waals surface area contributed by atoms with Gasteiger partial charge in [-0.05, 0) is 47.1 Å². The van der Waals surface area contributed by atoms with Crippen molar-refractivity contribution in [2.24, 2.45) is 5.10 Å². The summed E-state index contributed by atoms with van der Waals surface area (Å²) in [7, 11) is 0. The quantitative estimate of drug-likeness (QED) is 0.457. The Morgan fingerprint density at radius 3 is 2.60 bits per heavy atom. The summed E-state index contributed by atoms with van der Waals surface area (Å²) in [6, 6.07) is 19.0. The standard InChI is InChI=1S/C19H15BrN2O2S/c1-13-7-9-14(10-8-13)18(23)22-21-12-15-11-17(20)19(24-15)25-16-5-3-2-4-6-16/h2-12H,1H3,(H,22,23)/b21-12-. The van der Waals surface area contributed by atoms with Gasteiger partial charge in [0.1, 0.15) is 5.76 Å². The molecular formula is C19H15BrN2O2S.